The molecule has 132 valence electrons. The van der Waals surface area contributed by atoms with E-state index in [1.165, 1.54) is 12.0 Å². The van der Waals surface area contributed by atoms with Crippen LogP contribution in [0.15, 0.2) is 53.4 Å². The molecule has 5 nitrogen and oxygen atoms in total. The van der Waals surface area contributed by atoms with Crippen molar-refractivity contribution in [2.24, 2.45) is 0 Å². The van der Waals surface area contributed by atoms with Gasteiger partial charge in [-0.1, -0.05) is 30.3 Å². The summed E-state index contributed by atoms with van der Waals surface area (Å²) < 4.78 is 10.4. The number of thioether (sulfide) groups is 1. The summed E-state index contributed by atoms with van der Waals surface area (Å²) in [5, 5.41) is 0. The Kier molecular flexibility index (Phi) is 6.89. The predicted octanol–water partition coefficient (Wildman–Crippen LogP) is 3.23. The summed E-state index contributed by atoms with van der Waals surface area (Å²) in [7, 11) is 3.17. The third-order valence-corrected chi connectivity index (χ3v) is 4.37. The van der Waals surface area contributed by atoms with Gasteiger partial charge in [0.1, 0.15) is 11.3 Å². The van der Waals surface area contributed by atoms with Crippen molar-refractivity contribution in [2.45, 2.75) is 11.4 Å². The number of esters is 1. The quantitative estimate of drug-likeness (QED) is 0.561. The molecule has 0 bridgehead atoms. The lowest BCUT2D eigenvalue weighted by Gasteiger charge is -2.17. The minimum Gasteiger partial charge on any atom is -0.496 e. The summed E-state index contributed by atoms with van der Waals surface area (Å²) in [5.41, 5.74) is 1.32. The van der Waals surface area contributed by atoms with E-state index in [4.69, 9.17) is 9.47 Å². The van der Waals surface area contributed by atoms with Crippen LogP contribution in [0.5, 0.6) is 5.75 Å². The van der Waals surface area contributed by atoms with Crippen molar-refractivity contribution < 1.29 is 19.1 Å². The Morgan fingerprint density at radius 2 is 1.84 bits per heavy atom. The molecule has 2 aromatic rings. The highest BCUT2D eigenvalue weighted by Gasteiger charge is 2.17. The molecule has 0 atom stereocenters. The van der Waals surface area contributed by atoms with Crippen molar-refractivity contribution >= 4 is 23.6 Å². The molecule has 0 aliphatic carbocycles. The van der Waals surface area contributed by atoms with Gasteiger partial charge in [0.25, 0.3) is 5.91 Å². The number of ether oxygens (including phenoxy) is 2. The van der Waals surface area contributed by atoms with Gasteiger partial charge in [0.05, 0.1) is 7.11 Å². The van der Waals surface area contributed by atoms with Gasteiger partial charge in [0, 0.05) is 18.5 Å². The summed E-state index contributed by atoms with van der Waals surface area (Å²) in [6.45, 7) is 0.151. The molecule has 1 amide bonds. The molecule has 2 rings (SSSR count). The topological polar surface area (TPSA) is 55.8 Å². The molecule has 0 fully saturated rings. The van der Waals surface area contributed by atoms with Crippen molar-refractivity contribution in [1.29, 1.82) is 0 Å². The van der Waals surface area contributed by atoms with E-state index in [2.05, 4.69) is 0 Å². The van der Waals surface area contributed by atoms with E-state index in [0.717, 1.165) is 10.5 Å². The third kappa shape index (κ3) is 5.26. The highest BCUT2D eigenvalue weighted by molar-refractivity contribution is 7.98. The molecule has 0 aromatic heterocycles. The lowest BCUT2D eigenvalue weighted by Crippen LogP contribution is -2.30. The number of likely N-dealkylation sites (N-methyl/N-ethyl adjacent to an activating group) is 1. The van der Waals surface area contributed by atoms with Crippen LogP contribution in [-0.2, 0) is 16.1 Å². The van der Waals surface area contributed by atoms with Crippen LogP contribution in [0.25, 0.3) is 0 Å². The van der Waals surface area contributed by atoms with Gasteiger partial charge < -0.3 is 14.4 Å². The fraction of sp³-hybridized carbons (Fsp3) is 0.263. The number of hydrogen-bond acceptors (Lipinski definition) is 5. The first-order chi connectivity index (χ1) is 12.0. The Labute approximate surface area is 151 Å². The molecule has 2 aromatic carbocycles. The number of amides is 1. The number of nitrogens with zero attached hydrogens (tertiary/aromatic N) is 1. The zero-order valence-electron chi connectivity index (χ0n) is 14.5. The molecule has 0 heterocycles. The molecule has 0 spiro atoms. The van der Waals surface area contributed by atoms with E-state index in [1.807, 2.05) is 42.7 Å². The second kappa shape index (κ2) is 9.13. The SMILES string of the molecule is COc1cc(SC)ccc1C(=O)OCC(=O)N(C)Cc1ccccc1. The van der Waals surface area contributed by atoms with E-state index in [0.29, 0.717) is 17.9 Å². The Morgan fingerprint density at radius 3 is 2.48 bits per heavy atom. The standard InChI is InChI=1S/C19H21NO4S/c1-20(12-14-7-5-4-6-8-14)18(21)13-24-19(22)16-10-9-15(25-3)11-17(16)23-2/h4-11H,12-13H2,1-3H3. The molecule has 0 radical (unpaired) electrons. The molecule has 0 N–H and O–H groups in total. The van der Waals surface area contributed by atoms with Crippen molar-refractivity contribution in [2.75, 3.05) is 27.0 Å². The number of benzene rings is 2. The maximum Gasteiger partial charge on any atom is 0.342 e. The van der Waals surface area contributed by atoms with Gasteiger partial charge >= 0.3 is 5.97 Å². The van der Waals surface area contributed by atoms with Gasteiger partial charge in [0.15, 0.2) is 6.61 Å². The van der Waals surface area contributed by atoms with E-state index < -0.39 is 5.97 Å². The molecule has 0 saturated carbocycles. The largest absolute Gasteiger partial charge is 0.496 e. The van der Waals surface area contributed by atoms with Crippen LogP contribution in [0.3, 0.4) is 0 Å². The van der Waals surface area contributed by atoms with E-state index in [-0.39, 0.29) is 12.5 Å². The van der Waals surface area contributed by atoms with Gasteiger partial charge in [-0.05, 0) is 30.0 Å². The molecule has 0 aliphatic heterocycles. The van der Waals surface area contributed by atoms with Crippen molar-refractivity contribution in [3.05, 3.63) is 59.7 Å². The second-order valence-electron chi connectivity index (χ2n) is 5.38. The Hall–Kier alpha value is -2.47. The van der Waals surface area contributed by atoms with Crippen LogP contribution in [0.4, 0.5) is 0 Å². The first-order valence-electron chi connectivity index (χ1n) is 7.72. The van der Waals surface area contributed by atoms with Crippen LogP contribution >= 0.6 is 11.8 Å². The summed E-state index contributed by atoms with van der Waals surface area (Å²) in [5.74, 6) is -0.412. The smallest absolute Gasteiger partial charge is 0.342 e. The predicted molar refractivity (Wildman–Crippen MR) is 98.0 cm³/mol. The highest BCUT2D eigenvalue weighted by atomic mass is 32.2. The molecule has 0 unspecified atom stereocenters. The van der Waals surface area contributed by atoms with E-state index in [9.17, 15) is 9.59 Å². The molecular formula is C19H21NO4S. The van der Waals surface area contributed by atoms with Gasteiger partial charge in [-0.25, -0.2) is 4.79 Å². The summed E-state index contributed by atoms with van der Waals surface area (Å²) in [6.07, 6.45) is 1.94. The molecule has 6 heteroatoms. The molecule has 0 saturated heterocycles. The summed E-state index contributed by atoms with van der Waals surface area (Å²) >= 11 is 1.55. The first kappa shape index (κ1) is 18.9. The summed E-state index contributed by atoms with van der Waals surface area (Å²) in [6, 6.07) is 14.9. The van der Waals surface area contributed by atoms with Crippen LogP contribution < -0.4 is 4.74 Å². The molecular weight excluding hydrogens is 338 g/mol. The first-order valence-corrected chi connectivity index (χ1v) is 8.94. The van der Waals surface area contributed by atoms with E-state index >= 15 is 0 Å². The number of carbonyl (C=O) groups is 2. The van der Waals surface area contributed by atoms with Crippen molar-refractivity contribution in [3.8, 4) is 5.75 Å². The van der Waals surface area contributed by atoms with Crippen LogP contribution in [-0.4, -0.2) is 43.8 Å². The monoisotopic (exact) mass is 359 g/mol. The molecule has 0 aliphatic rings. The van der Waals surface area contributed by atoms with Crippen LogP contribution in [0.2, 0.25) is 0 Å². The van der Waals surface area contributed by atoms with Gasteiger partial charge in [-0.3, -0.25) is 4.79 Å². The van der Waals surface area contributed by atoms with Crippen LogP contribution in [0, 0.1) is 0 Å². The normalized spacial score (nSPS) is 10.2. The summed E-state index contributed by atoms with van der Waals surface area (Å²) in [4.78, 5) is 26.9. The van der Waals surface area contributed by atoms with Crippen molar-refractivity contribution in [1.82, 2.24) is 4.90 Å². The van der Waals surface area contributed by atoms with Gasteiger partial charge in [-0.15, -0.1) is 11.8 Å². The maximum absolute atomic E-state index is 12.2. The fourth-order valence-corrected chi connectivity index (χ4v) is 2.66. The maximum atomic E-state index is 12.2. The number of hydrogen-bond donors (Lipinski definition) is 0. The minimum atomic E-state index is -0.578. The van der Waals surface area contributed by atoms with Gasteiger partial charge in [0.2, 0.25) is 0 Å². The lowest BCUT2D eigenvalue weighted by molar-refractivity contribution is -0.133. The number of rotatable bonds is 7. The Bertz CT molecular complexity index is 733. The zero-order valence-corrected chi connectivity index (χ0v) is 15.3. The van der Waals surface area contributed by atoms with Crippen LogP contribution in [0.1, 0.15) is 15.9 Å². The zero-order chi connectivity index (χ0) is 18.2. The fourth-order valence-electron chi connectivity index (χ4n) is 2.23. The number of methoxy groups -OCH3 is 1. The second-order valence-corrected chi connectivity index (χ2v) is 6.26. The average molecular weight is 359 g/mol. The van der Waals surface area contributed by atoms with Crippen molar-refractivity contribution in [3.63, 3.8) is 0 Å². The number of carbonyl (C=O) groups excluding carboxylic acids is 2. The molecule has 25 heavy (non-hydrogen) atoms. The van der Waals surface area contributed by atoms with Gasteiger partial charge in [-0.2, -0.15) is 0 Å². The van der Waals surface area contributed by atoms with E-state index in [1.54, 1.807) is 30.9 Å². The lowest BCUT2D eigenvalue weighted by atomic mass is 10.2. The Morgan fingerprint density at radius 1 is 1.12 bits per heavy atom. The third-order valence-electron chi connectivity index (χ3n) is 3.64. The average Bonchev–Trinajstić information content (AvgIpc) is 2.65. The highest BCUT2D eigenvalue weighted by Crippen LogP contribution is 2.25. The Balaban J connectivity index is 1.94. The minimum absolute atomic E-state index is 0.267.